The second kappa shape index (κ2) is 10.4. The van der Waals surface area contributed by atoms with E-state index in [2.05, 4.69) is 12.1 Å². The molecule has 0 saturated carbocycles. The van der Waals surface area contributed by atoms with Crippen LogP contribution in [-0.4, -0.2) is 50.0 Å². The third-order valence-electron chi connectivity index (χ3n) is 4.61. The summed E-state index contributed by atoms with van der Waals surface area (Å²) >= 11 is 0. The Morgan fingerprint density at radius 1 is 1.20 bits per heavy atom. The number of benzene rings is 1. The normalized spacial score (nSPS) is 17.3. The van der Waals surface area contributed by atoms with E-state index in [1.165, 1.54) is 5.56 Å². The van der Waals surface area contributed by atoms with Gasteiger partial charge in [-0.2, -0.15) is 0 Å². The van der Waals surface area contributed by atoms with Gasteiger partial charge in [0.1, 0.15) is 5.75 Å². The van der Waals surface area contributed by atoms with E-state index in [1.54, 1.807) is 7.11 Å². The van der Waals surface area contributed by atoms with Crippen molar-refractivity contribution in [1.82, 2.24) is 4.90 Å². The van der Waals surface area contributed by atoms with Crippen LogP contribution in [0.4, 0.5) is 0 Å². The number of nitrogens with zero attached hydrogens (tertiary/aromatic N) is 1. The summed E-state index contributed by atoms with van der Waals surface area (Å²) in [4.78, 5) is 14.6. The second-order valence-corrected chi connectivity index (χ2v) is 6.28. The maximum atomic E-state index is 12.7. The number of methoxy groups -OCH3 is 1. The molecular formula is C20H31NO4. The monoisotopic (exact) mass is 349 g/mol. The number of ether oxygens (including phenoxy) is 3. The van der Waals surface area contributed by atoms with Crippen molar-refractivity contribution < 1.29 is 19.0 Å². The molecule has 0 N–H and O–H groups in total. The van der Waals surface area contributed by atoms with Crippen LogP contribution in [0.25, 0.3) is 0 Å². The highest BCUT2D eigenvalue weighted by molar-refractivity contribution is 5.76. The lowest BCUT2D eigenvalue weighted by Gasteiger charge is -2.31. The molecule has 140 valence electrons. The summed E-state index contributed by atoms with van der Waals surface area (Å²) in [5.41, 5.74) is 1.23. The first kappa shape index (κ1) is 19.7. The Balaban J connectivity index is 1.83. The Morgan fingerprint density at radius 2 is 1.88 bits per heavy atom. The van der Waals surface area contributed by atoms with Gasteiger partial charge in [0.15, 0.2) is 6.29 Å². The van der Waals surface area contributed by atoms with Crippen LogP contribution in [0.1, 0.15) is 45.1 Å². The summed E-state index contributed by atoms with van der Waals surface area (Å²) in [5, 5.41) is 0. The van der Waals surface area contributed by atoms with Gasteiger partial charge in [0.25, 0.3) is 0 Å². The van der Waals surface area contributed by atoms with Gasteiger partial charge in [0, 0.05) is 26.2 Å². The molecule has 0 aromatic heterocycles. The lowest BCUT2D eigenvalue weighted by molar-refractivity contribution is -0.175. The van der Waals surface area contributed by atoms with Crippen molar-refractivity contribution in [2.24, 2.45) is 0 Å². The van der Waals surface area contributed by atoms with Crippen molar-refractivity contribution in [3.05, 3.63) is 29.8 Å². The molecule has 5 nitrogen and oxygen atoms in total. The van der Waals surface area contributed by atoms with E-state index < -0.39 is 0 Å². The summed E-state index contributed by atoms with van der Waals surface area (Å²) in [6, 6.07) is 8.09. The fourth-order valence-corrected chi connectivity index (χ4v) is 3.36. The number of rotatable bonds is 10. The molecule has 0 aliphatic carbocycles. The van der Waals surface area contributed by atoms with Gasteiger partial charge in [-0.1, -0.05) is 12.1 Å². The van der Waals surface area contributed by atoms with E-state index in [-0.39, 0.29) is 18.2 Å². The molecule has 1 fully saturated rings. The average molecular weight is 349 g/mol. The first-order valence-corrected chi connectivity index (χ1v) is 9.35. The highest BCUT2D eigenvalue weighted by Crippen LogP contribution is 2.24. The molecule has 0 spiro atoms. The third kappa shape index (κ3) is 5.72. The number of carbonyl (C=O) groups excluding carboxylic acids is 1. The van der Waals surface area contributed by atoms with Gasteiger partial charge in [-0.05, 0) is 57.2 Å². The standard InChI is InChI=1S/C20H31NO4/c1-4-24-20(25-5-2)18-9-7-15-21(18)19(22)10-6-8-16-11-13-17(23-3)14-12-16/h11-14,18,20H,4-10,15H2,1-3H3/t18-/m0/s1. The van der Waals surface area contributed by atoms with Crippen molar-refractivity contribution in [3.63, 3.8) is 0 Å². The summed E-state index contributed by atoms with van der Waals surface area (Å²) in [5.74, 6) is 1.07. The topological polar surface area (TPSA) is 48.0 Å². The maximum absolute atomic E-state index is 12.7. The molecule has 5 heteroatoms. The Morgan fingerprint density at radius 3 is 2.48 bits per heavy atom. The molecular weight excluding hydrogens is 318 g/mol. The van der Waals surface area contributed by atoms with E-state index >= 15 is 0 Å². The SMILES string of the molecule is CCOC(OCC)[C@@H]1CCCN1C(=O)CCCc1ccc(OC)cc1. The molecule has 25 heavy (non-hydrogen) atoms. The summed E-state index contributed by atoms with van der Waals surface area (Å²) < 4.78 is 16.6. The molecule has 1 amide bonds. The van der Waals surface area contributed by atoms with E-state index in [0.29, 0.717) is 19.6 Å². The van der Waals surface area contributed by atoms with Crippen LogP contribution >= 0.6 is 0 Å². The smallest absolute Gasteiger partial charge is 0.223 e. The van der Waals surface area contributed by atoms with E-state index in [4.69, 9.17) is 14.2 Å². The molecule has 1 saturated heterocycles. The predicted octanol–water partition coefficient (Wildman–Crippen LogP) is 3.41. The Hall–Kier alpha value is -1.59. The first-order chi connectivity index (χ1) is 12.2. The Kier molecular flexibility index (Phi) is 8.22. The number of aryl methyl sites for hydroxylation is 1. The molecule has 0 unspecified atom stereocenters. The molecule has 1 aliphatic heterocycles. The molecule has 1 aliphatic rings. The van der Waals surface area contributed by atoms with Crippen LogP contribution in [0, 0.1) is 0 Å². The average Bonchev–Trinajstić information content (AvgIpc) is 3.12. The molecule has 1 aromatic carbocycles. The van der Waals surface area contributed by atoms with Gasteiger partial charge in [0.2, 0.25) is 5.91 Å². The Labute approximate surface area is 151 Å². The zero-order valence-electron chi connectivity index (χ0n) is 15.7. The van der Waals surface area contributed by atoms with Crippen molar-refractivity contribution in [2.45, 2.75) is 58.3 Å². The number of amides is 1. The predicted molar refractivity (Wildman–Crippen MR) is 97.7 cm³/mol. The molecule has 1 heterocycles. The second-order valence-electron chi connectivity index (χ2n) is 6.28. The van der Waals surface area contributed by atoms with Crippen LogP contribution in [0.3, 0.4) is 0 Å². The van der Waals surface area contributed by atoms with Gasteiger partial charge in [-0.3, -0.25) is 4.79 Å². The fraction of sp³-hybridized carbons (Fsp3) is 0.650. The van der Waals surface area contributed by atoms with Crippen molar-refractivity contribution in [3.8, 4) is 5.75 Å². The summed E-state index contributed by atoms with van der Waals surface area (Å²) in [6.07, 6.45) is 3.98. The highest BCUT2D eigenvalue weighted by Gasteiger charge is 2.35. The van der Waals surface area contributed by atoms with E-state index in [0.717, 1.165) is 38.0 Å². The lowest BCUT2D eigenvalue weighted by atomic mass is 10.1. The molecule has 0 radical (unpaired) electrons. The van der Waals surface area contributed by atoms with Crippen molar-refractivity contribution in [1.29, 1.82) is 0 Å². The van der Waals surface area contributed by atoms with Crippen LogP contribution in [-0.2, 0) is 20.7 Å². The number of likely N-dealkylation sites (tertiary alicyclic amines) is 1. The number of hydrogen-bond acceptors (Lipinski definition) is 4. The van der Waals surface area contributed by atoms with Crippen LogP contribution < -0.4 is 4.74 Å². The van der Waals surface area contributed by atoms with Gasteiger partial charge in [-0.15, -0.1) is 0 Å². The van der Waals surface area contributed by atoms with Crippen molar-refractivity contribution >= 4 is 5.91 Å². The molecule has 2 rings (SSSR count). The van der Waals surface area contributed by atoms with Gasteiger partial charge >= 0.3 is 0 Å². The van der Waals surface area contributed by atoms with E-state index in [1.807, 2.05) is 30.9 Å². The van der Waals surface area contributed by atoms with Crippen LogP contribution in [0.15, 0.2) is 24.3 Å². The summed E-state index contributed by atoms with van der Waals surface area (Å²) in [6.45, 7) is 5.92. The van der Waals surface area contributed by atoms with Gasteiger partial charge in [0.05, 0.1) is 13.2 Å². The minimum absolute atomic E-state index is 0.0494. The van der Waals surface area contributed by atoms with Crippen LogP contribution in [0.2, 0.25) is 0 Å². The number of hydrogen-bond donors (Lipinski definition) is 0. The molecule has 0 bridgehead atoms. The maximum Gasteiger partial charge on any atom is 0.223 e. The minimum atomic E-state index is -0.303. The Bertz CT molecular complexity index is 511. The first-order valence-electron chi connectivity index (χ1n) is 9.35. The van der Waals surface area contributed by atoms with Gasteiger partial charge in [-0.25, -0.2) is 0 Å². The van der Waals surface area contributed by atoms with Crippen molar-refractivity contribution in [2.75, 3.05) is 26.9 Å². The lowest BCUT2D eigenvalue weighted by Crippen LogP contribution is -2.45. The van der Waals surface area contributed by atoms with Crippen LogP contribution in [0.5, 0.6) is 5.75 Å². The largest absolute Gasteiger partial charge is 0.497 e. The highest BCUT2D eigenvalue weighted by atomic mass is 16.7. The van der Waals surface area contributed by atoms with E-state index in [9.17, 15) is 4.79 Å². The zero-order valence-corrected chi connectivity index (χ0v) is 15.7. The molecule has 1 atom stereocenters. The molecule has 1 aromatic rings. The third-order valence-corrected chi connectivity index (χ3v) is 4.61. The number of carbonyl (C=O) groups is 1. The quantitative estimate of drug-likeness (QED) is 0.608. The zero-order chi connectivity index (χ0) is 18.1. The fourth-order valence-electron chi connectivity index (χ4n) is 3.36. The van der Waals surface area contributed by atoms with Gasteiger partial charge < -0.3 is 19.1 Å². The minimum Gasteiger partial charge on any atom is -0.497 e. The summed E-state index contributed by atoms with van der Waals surface area (Å²) in [7, 11) is 1.66.